The van der Waals surface area contributed by atoms with E-state index in [0.717, 1.165) is 15.3 Å². The lowest BCUT2D eigenvalue weighted by atomic mass is 9.93. The number of fused-ring (bicyclic) bond motifs is 2. The fourth-order valence-corrected chi connectivity index (χ4v) is 5.85. The van der Waals surface area contributed by atoms with Gasteiger partial charge in [0.15, 0.2) is 5.78 Å². The number of amides is 1. The smallest absolute Gasteiger partial charge is 0.373 e. The van der Waals surface area contributed by atoms with Gasteiger partial charge in [-0.15, -0.1) is 23.1 Å². The summed E-state index contributed by atoms with van der Waals surface area (Å²) in [6.07, 6.45) is 3.75. The highest BCUT2D eigenvalue weighted by atomic mass is 32.2. The van der Waals surface area contributed by atoms with Crippen LogP contribution in [-0.4, -0.2) is 36.4 Å². The SMILES string of the molecule is CSc1sc(C(=O)ONC(=O)CC2COc3ccc(C(=N)N)cc32)c2c1C(=O)CCC2. The van der Waals surface area contributed by atoms with E-state index in [1.54, 1.807) is 18.2 Å². The van der Waals surface area contributed by atoms with E-state index in [1.165, 1.54) is 23.1 Å². The number of nitrogens with one attached hydrogen (secondary N) is 2. The van der Waals surface area contributed by atoms with Crippen molar-refractivity contribution in [1.29, 1.82) is 5.41 Å². The molecule has 1 aromatic carbocycles. The number of carbonyl (C=O) groups excluding carboxylic acids is 3. The van der Waals surface area contributed by atoms with Gasteiger partial charge >= 0.3 is 5.97 Å². The van der Waals surface area contributed by atoms with Gasteiger partial charge in [-0.3, -0.25) is 15.0 Å². The van der Waals surface area contributed by atoms with Gasteiger partial charge in [0.1, 0.15) is 16.5 Å². The molecule has 162 valence electrons. The molecule has 8 nitrogen and oxygen atoms in total. The van der Waals surface area contributed by atoms with Crippen LogP contribution in [0.15, 0.2) is 22.4 Å². The van der Waals surface area contributed by atoms with Crippen LogP contribution in [-0.2, 0) is 16.1 Å². The predicted octanol–water partition coefficient (Wildman–Crippen LogP) is 3.03. The number of carbonyl (C=O) groups is 3. The number of hydrogen-bond donors (Lipinski definition) is 3. The van der Waals surface area contributed by atoms with Gasteiger partial charge in [-0.05, 0) is 42.9 Å². The summed E-state index contributed by atoms with van der Waals surface area (Å²) in [4.78, 5) is 42.7. The third kappa shape index (κ3) is 4.17. The molecule has 0 saturated heterocycles. The first-order chi connectivity index (χ1) is 14.9. The lowest BCUT2D eigenvalue weighted by molar-refractivity contribution is -0.130. The van der Waals surface area contributed by atoms with Crippen molar-refractivity contribution >= 4 is 46.6 Å². The van der Waals surface area contributed by atoms with E-state index in [1.807, 2.05) is 6.26 Å². The molecule has 0 radical (unpaired) electrons. The molecular formula is C21H21N3O5S2. The van der Waals surface area contributed by atoms with E-state index in [0.29, 0.717) is 47.6 Å². The topological polar surface area (TPSA) is 132 Å². The van der Waals surface area contributed by atoms with Crippen molar-refractivity contribution in [3.63, 3.8) is 0 Å². The molecule has 2 heterocycles. The number of hydrogen-bond acceptors (Lipinski definition) is 8. The predicted molar refractivity (Wildman–Crippen MR) is 117 cm³/mol. The van der Waals surface area contributed by atoms with Crippen LogP contribution in [0.2, 0.25) is 0 Å². The Morgan fingerprint density at radius 1 is 1.39 bits per heavy atom. The first-order valence-electron chi connectivity index (χ1n) is 9.73. The molecule has 0 saturated carbocycles. The van der Waals surface area contributed by atoms with Crippen molar-refractivity contribution in [1.82, 2.24) is 5.48 Å². The fraction of sp³-hybridized carbons (Fsp3) is 0.333. The highest BCUT2D eigenvalue weighted by Crippen LogP contribution is 2.40. The number of rotatable bonds is 5. The maximum absolute atomic E-state index is 12.6. The number of Topliss-reactive ketones (excluding diaryl/α,β-unsaturated/α-hetero) is 1. The monoisotopic (exact) mass is 459 g/mol. The van der Waals surface area contributed by atoms with Gasteiger partial charge in [0.05, 0.1) is 10.8 Å². The van der Waals surface area contributed by atoms with Crippen LogP contribution in [0, 0.1) is 5.41 Å². The number of hydroxylamine groups is 1. The quantitative estimate of drug-likeness (QED) is 0.271. The van der Waals surface area contributed by atoms with Gasteiger partial charge in [0.2, 0.25) is 0 Å². The zero-order valence-electron chi connectivity index (χ0n) is 16.8. The molecule has 31 heavy (non-hydrogen) atoms. The molecule has 0 fully saturated rings. The molecule has 4 N–H and O–H groups in total. The van der Waals surface area contributed by atoms with Gasteiger partial charge in [0, 0.05) is 35.4 Å². The van der Waals surface area contributed by atoms with Crippen LogP contribution in [0.3, 0.4) is 0 Å². The van der Waals surface area contributed by atoms with E-state index >= 15 is 0 Å². The Bertz CT molecular complexity index is 1090. The lowest BCUT2D eigenvalue weighted by Gasteiger charge is -2.13. The van der Waals surface area contributed by atoms with Crippen molar-refractivity contribution < 1.29 is 24.0 Å². The number of amidine groups is 1. The molecule has 0 bridgehead atoms. The fourth-order valence-electron chi connectivity index (χ4n) is 3.85. The Morgan fingerprint density at radius 2 is 2.19 bits per heavy atom. The molecule has 1 amide bonds. The lowest BCUT2D eigenvalue weighted by Crippen LogP contribution is -2.29. The van der Waals surface area contributed by atoms with Crippen LogP contribution < -0.4 is 16.0 Å². The Morgan fingerprint density at radius 3 is 2.94 bits per heavy atom. The summed E-state index contributed by atoms with van der Waals surface area (Å²) in [5.41, 5.74) is 10.5. The Labute approximate surface area is 186 Å². The summed E-state index contributed by atoms with van der Waals surface area (Å²) in [6, 6.07) is 5.17. The maximum atomic E-state index is 12.6. The summed E-state index contributed by atoms with van der Waals surface area (Å²) >= 11 is 2.66. The minimum Gasteiger partial charge on any atom is -0.493 e. The molecule has 1 aliphatic heterocycles. The average Bonchev–Trinajstić information content (AvgIpc) is 3.34. The number of nitrogens with two attached hydrogens (primary N) is 1. The van der Waals surface area contributed by atoms with Crippen molar-refractivity contribution in [2.75, 3.05) is 12.9 Å². The highest BCUT2D eigenvalue weighted by molar-refractivity contribution is 8.00. The summed E-state index contributed by atoms with van der Waals surface area (Å²) < 4.78 is 6.40. The van der Waals surface area contributed by atoms with Gasteiger partial charge in [0.25, 0.3) is 5.91 Å². The molecule has 0 spiro atoms. The number of benzene rings is 1. The van der Waals surface area contributed by atoms with Crippen LogP contribution >= 0.6 is 23.1 Å². The Kier molecular flexibility index (Phi) is 6.01. The van der Waals surface area contributed by atoms with E-state index in [4.69, 9.17) is 20.7 Å². The minimum absolute atomic E-state index is 0.0507. The molecular weight excluding hydrogens is 438 g/mol. The molecule has 1 aliphatic carbocycles. The number of ketones is 1. The van der Waals surface area contributed by atoms with Gasteiger partial charge in [-0.2, -0.15) is 5.48 Å². The summed E-state index contributed by atoms with van der Waals surface area (Å²) in [6.45, 7) is 0.315. The van der Waals surface area contributed by atoms with E-state index in [2.05, 4.69) is 5.48 Å². The van der Waals surface area contributed by atoms with Crippen molar-refractivity contribution in [3.05, 3.63) is 45.3 Å². The largest absolute Gasteiger partial charge is 0.493 e. The zero-order valence-corrected chi connectivity index (χ0v) is 18.4. The highest BCUT2D eigenvalue weighted by Gasteiger charge is 2.31. The molecule has 4 rings (SSSR count). The summed E-state index contributed by atoms with van der Waals surface area (Å²) in [5, 5.41) is 7.57. The van der Waals surface area contributed by atoms with Crippen molar-refractivity contribution in [3.8, 4) is 5.75 Å². The number of thiophene rings is 1. The van der Waals surface area contributed by atoms with Crippen molar-refractivity contribution in [2.24, 2.45) is 5.73 Å². The normalized spacial score (nSPS) is 16.8. The zero-order chi connectivity index (χ0) is 22.1. The van der Waals surface area contributed by atoms with Gasteiger partial charge < -0.3 is 15.3 Å². The Balaban J connectivity index is 1.41. The second-order valence-corrected chi connectivity index (χ2v) is 9.44. The number of nitrogen functional groups attached to an aromatic ring is 1. The van der Waals surface area contributed by atoms with E-state index in [-0.39, 0.29) is 24.0 Å². The first kappa shape index (κ1) is 21.4. The Hall–Kier alpha value is -2.85. The number of ether oxygens (including phenoxy) is 1. The van der Waals surface area contributed by atoms with E-state index < -0.39 is 11.9 Å². The van der Waals surface area contributed by atoms with E-state index in [9.17, 15) is 14.4 Å². The van der Waals surface area contributed by atoms with Crippen LogP contribution in [0.25, 0.3) is 0 Å². The van der Waals surface area contributed by atoms with Crippen LogP contribution in [0.1, 0.15) is 61.9 Å². The third-order valence-electron chi connectivity index (χ3n) is 5.34. The van der Waals surface area contributed by atoms with Gasteiger partial charge in [-0.1, -0.05) is 0 Å². The minimum atomic E-state index is -0.661. The second-order valence-electron chi connectivity index (χ2n) is 7.35. The molecule has 2 aliphatic rings. The molecule has 1 aromatic heterocycles. The molecule has 10 heteroatoms. The average molecular weight is 460 g/mol. The number of thioether (sulfide) groups is 1. The summed E-state index contributed by atoms with van der Waals surface area (Å²) in [5.74, 6) is -0.715. The second kappa shape index (κ2) is 8.72. The van der Waals surface area contributed by atoms with Gasteiger partial charge in [-0.25, -0.2) is 4.79 Å². The molecule has 1 atom stereocenters. The summed E-state index contributed by atoms with van der Waals surface area (Å²) in [7, 11) is 0. The van der Waals surface area contributed by atoms with Crippen molar-refractivity contribution in [2.45, 2.75) is 35.8 Å². The van der Waals surface area contributed by atoms with Crippen LogP contribution in [0.4, 0.5) is 0 Å². The third-order valence-corrected chi connectivity index (χ3v) is 7.68. The molecule has 2 aromatic rings. The maximum Gasteiger partial charge on any atom is 0.373 e. The molecule has 1 unspecified atom stereocenters. The van der Waals surface area contributed by atoms with Crippen LogP contribution in [0.5, 0.6) is 5.75 Å². The standard InChI is InChI=1S/C21H21N3O5S2/c1-30-21-17-12(3-2-4-14(17)25)18(31-21)20(27)29-24-16(26)8-11-9-28-15-6-5-10(19(22)23)7-13(11)15/h5-7,11H,2-4,8-9H2,1H3,(H3,22,23)(H,24,26). The first-order valence-corrected chi connectivity index (χ1v) is 11.8.